The Bertz CT molecular complexity index is 600. The van der Waals surface area contributed by atoms with Crippen LogP contribution in [0.1, 0.15) is 31.2 Å². The Morgan fingerprint density at radius 1 is 1.12 bits per heavy atom. The fourth-order valence-electron chi connectivity index (χ4n) is 3.79. The number of ether oxygens (including phenoxy) is 1. The largest absolute Gasteiger partial charge is 0.364 e. The highest BCUT2D eigenvalue weighted by Crippen LogP contribution is 2.22. The first-order valence-corrected chi connectivity index (χ1v) is 9.60. The molecule has 2 heterocycles. The van der Waals surface area contributed by atoms with E-state index in [9.17, 15) is 9.59 Å². The summed E-state index contributed by atoms with van der Waals surface area (Å²) >= 11 is 0. The van der Waals surface area contributed by atoms with Gasteiger partial charge in [-0.05, 0) is 43.6 Å². The lowest BCUT2D eigenvalue weighted by Crippen LogP contribution is -2.46. The third-order valence-corrected chi connectivity index (χ3v) is 5.41. The van der Waals surface area contributed by atoms with Crippen LogP contribution in [0.4, 0.5) is 0 Å². The highest BCUT2D eigenvalue weighted by Gasteiger charge is 2.30. The van der Waals surface area contributed by atoms with Crippen molar-refractivity contribution in [2.24, 2.45) is 11.7 Å². The molecule has 0 spiro atoms. The molecule has 0 aliphatic carbocycles. The number of hydrogen-bond acceptors (Lipinski definition) is 4. The summed E-state index contributed by atoms with van der Waals surface area (Å²) in [5, 5.41) is 2.72. The van der Waals surface area contributed by atoms with E-state index in [2.05, 4.69) is 29.6 Å². The van der Waals surface area contributed by atoms with Crippen molar-refractivity contribution in [3.63, 3.8) is 0 Å². The summed E-state index contributed by atoms with van der Waals surface area (Å²) in [5.74, 6) is 0.411. The van der Waals surface area contributed by atoms with Gasteiger partial charge in [0.2, 0.25) is 11.8 Å². The molecule has 0 radical (unpaired) electrons. The van der Waals surface area contributed by atoms with Crippen LogP contribution in [-0.4, -0.2) is 55.1 Å². The standard InChI is InChI=1S/C20H29N3O3/c21-13-17-6-7-18(26-17)20(25)22-14-19(24)23-10-8-16(9-11-23)12-15-4-2-1-3-5-15/h1-5,16-18H,6-14,21H2,(H,22,25)/t17-,18+/m1/s1. The molecule has 2 fully saturated rings. The summed E-state index contributed by atoms with van der Waals surface area (Å²) in [6.45, 7) is 2.01. The topological polar surface area (TPSA) is 84.7 Å². The number of carbonyl (C=O) groups is 2. The lowest BCUT2D eigenvalue weighted by Gasteiger charge is -2.32. The quantitative estimate of drug-likeness (QED) is 0.796. The normalized spacial score (nSPS) is 23.8. The molecular formula is C20H29N3O3. The van der Waals surface area contributed by atoms with E-state index >= 15 is 0 Å². The van der Waals surface area contributed by atoms with Crippen molar-refractivity contribution >= 4 is 11.8 Å². The molecule has 6 nitrogen and oxygen atoms in total. The van der Waals surface area contributed by atoms with E-state index < -0.39 is 6.10 Å². The number of carbonyl (C=O) groups excluding carboxylic acids is 2. The minimum absolute atomic E-state index is 0.00937. The fourth-order valence-corrected chi connectivity index (χ4v) is 3.79. The van der Waals surface area contributed by atoms with Crippen molar-refractivity contribution < 1.29 is 14.3 Å². The molecule has 3 N–H and O–H groups in total. The molecule has 2 atom stereocenters. The van der Waals surface area contributed by atoms with Crippen molar-refractivity contribution in [2.45, 2.75) is 44.3 Å². The second kappa shape index (κ2) is 9.14. The Morgan fingerprint density at radius 2 is 1.85 bits per heavy atom. The van der Waals surface area contributed by atoms with E-state index in [0.29, 0.717) is 18.9 Å². The van der Waals surface area contributed by atoms with E-state index in [1.54, 1.807) is 0 Å². The van der Waals surface area contributed by atoms with E-state index in [1.807, 2.05) is 11.0 Å². The van der Waals surface area contributed by atoms with Gasteiger partial charge in [-0.1, -0.05) is 30.3 Å². The Balaban J connectivity index is 1.36. The van der Waals surface area contributed by atoms with Crippen LogP contribution in [-0.2, 0) is 20.7 Å². The number of nitrogens with zero attached hydrogens (tertiary/aromatic N) is 1. The number of piperidine rings is 1. The molecule has 0 saturated carbocycles. The van der Waals surface area contributed by atoms with Gasteiger partial charge in [0.05, 0.1) is 12.6 Å². The van der Waals surface area contributed by atoms with Gasteiger partial charge in [0.15, 0.2) is 0 Å². The van der Waals surface area contributed by atoms with Crippen molar-refractivity contribution in [3.05, 3.63) is 35.9 Å². The fraction of sp³-hybridized carbons (Fsp3) is 0.600. The number of amides is 2. The third-order valence-electron chi connectivity index (χ3n) is 5.41. The van der Waals surface area contributed by atoms with Gasteiger partial charge < -0.3 is 20.7 Å². The summed E-state index contributed by atoms with van der Waals surface area (Å²) < 4.78 is 5.56. The second-order valence-corrected chi connectivity index (χ2v) is 7.29. The molecule has 6 heteroatoms. The van der Waals surface area contributed by atoms with E-state index in [-0.39, 0.29) is 24.5 Å². The van der Waals surface area contributed by atoms with Crippen molar-refractivity contribution in [1.29, 1.82) is 0 Å². The van der Waals surface area contributed by atoms with Gasteiger partial charge in [-0.3, -0.25) is 9.59 Å². The van der Waals surface area contributed by atoms with Crippen LogP contribution in [0.15, 0.2) is 30.3 Å². The molecule has 0 bridgehead atoms. The van der Waals surface area contributed by atoms with Gasteiger partial charge in [0.1, 0.15) is 6.10 Å². The van der Waals surface area contributed by atoms with Crippen LogP contribution in [0.2, 0.25) is 0 Å². The van der Waals surface area contributed by atoms with Crippen LogP contribution in [0.3, 0.4) is 0 Å². The zero-order valence-corrected chi connectivity index (χ0v) is 15.2. The monoisotopic (exact) mass is 359 g/mol. The molecule has 1 aromatic rings. The second-order valence-electron chi connectivity index (χ2n) is 7.29. The van der Waals surface area contributed by atoms with Crippen LogP contribution >= 0.6 is 0 Å². The minimum Gasteiger partial charge on any atom is -0.364 e. The molecule has 2 amide bonds. The molecule has 0 aromatic heterocycles. The Kier molecular flexibility index (Phi) is 6.63. The van der Waals surface area contributed by atoms with E-state index in [4.69, 9.17) is 10.5 Å². The molecule has 0 unspecified atom stereocenters. The van der Waals surface area contributed by atoms with Crippen LogP contribution in [0.5, 0.6) is 0 Å². The van der Waals surface area contributed by atoms with E-state index in [0.717, 1.165) is 38.8 Å². The first-order valence-electron chi connectivity index (χ1n) is 9.60. The molecule has 2 aliphatic rings. The van der Waals surface area contributed by atoms with Gasteiger partial charge in [0.25, 0.3) is 0 Å². The van der Waals surface area contributed by atoms with Crippen LogP contribution in [0.25, 0.3) is 0 Å². The first-order chi connectivity index (χ1) is 12.7. The maximum absolute atomic E-state index is 12.4. The SMILES string of the molecule is NC[C@H]1CC[C@@H](C(=O)NCC(=O)N2CCC(Cc3ccccc3)CC2)O1. The van der Waals surface area contributed by atoms with Crippen LogP contribution in [0, 0.1) is 5.92 Å². The molecule has 3 rings (SSSR count). The molecule has 142 valence electrons. The smallest absolute Gasteiger partial charge is 0.249 e. The zero-order chi connectivity index (χ0) is 18.4. The lowest BCUT2D eigenvalue weighted by atomic mass is 9.90. The highest BCUT2D eigenvalue weighted by molar-refractivity contribution is 5.87. The third kappa shape index (κ3) is 5.05. The lowest BCUT2D eigenvalue weighted by molar-refractivity contribution is -0.137. The van der Waals surface area contributed by atoms with Crippen molar-refractivity contribution in [3.8, 4) is 0 Å². The summed E-state index contributed by atoms with van der Waals surface area (Å²) in [4.78, 5) is 26.3. The first kappa shape index (κ1) is 18.9. The number of nitrogens with two attached hydrogens (primary N) is 1. The van der Waals surface area contributed by atoms with Gasteiger partial charge in [-0.2, -0.15) is 0 Å². The number of nitrogens with one attached hydrogen (secondary N) is 1. The number of likely N-dealkylation sites (tertiary alicyclic amines) is 1. The molecular weight excluding hydrogens is 330 g/mol. The highest BCUT2D eigenvalue weighted by atomic mass is 16.5. The maximum Gasteiger partial charge on any atom is 0.249 e. The summed E-state index contributed by atoms with van der Waals surface area (Å²) in [5.41, 5.74) is 6.92. The van der Waals surface area contributed by atoms with E-state index in [1.165, 1.54) is 5.56 Å². The number of benzene rings is 1. The van der Waals surface area contributed by atoms with Crippen LogP contribution < -0.4 is 11.1 Å². The summed E-state index contributed by atoms with van der Waals surface area (Å²) in [6, 6.07) is 10.5. The van der Waals surface area contributed by atoms with Crippen molar-refractivity contribution in [1.82, 2.24) is 10.2 Å². The maximum atomic E-state index is 12.4. The zero-order valence-electron chi connectivity index (χ0n) is 15.2. The Morgan fingerprint density at radius 3 is 2.50 bits per heavy atom. The van der Waals surface area contributed by atoms with Gasteiger partial charge in [0, 0.05) is 19.6 Å². The Labute approximate surface area is 155 Å². The van der Waals surface area contributed by atoms with Gasteiger partial charge in [-0.15, -0.1) is 0 Å². The summed E-state index contributed by atoms with van der Waals surface area (Å²) in [7, 11) is 0. The molecule has 2 aliphatic heterocycles. The molecule has 2 saturated heterocycles. The average molecular weight is 359 g/mol. The Hall–Kier alpha value is -1.92. The number of rotatable bonds is 6. The van der Waals surface area contributed by atoms with Gasteiger partial charge >= 0.3 is 0 Å². The molecule has 26 heavy (non-hydrogen) atoms. The predicted octanol–water partition coefficient (Wildman–Crippen LogP) is 1.09. The van der Waals surface area contributed by atoms with Gasteiger partial charge in [-0.25, -0.2) is 0 Å². The van der Waals surface area contributed by atoms with Crippen molar-refractivity contribution in [2.75, 3.05) is 26.2 Å². The predicted molar refractivity (Wildman–Crippen MR) is 99.4 cm³/mol. The number of hydrogen-bond donors (Lipinski definition) is 2. The average Bonchev–Trinajstić information content (AvgIpc) is 3.17. The minimum atomic E-state index is -0.465. The summed E-state index contributed by atoms with van der Waals surface area (Å²) in [6.07, 6.45) is 4.07. The molecule has 1 aromatic carbocycles.